The summed E-state index contributed by atoms with van der Waals surface area (Å²) >= 11 is 0. The van der Waals surface area contributed by atoms with E-state index in [1.807, 2.05) is 0 Å². The summed E-state index contributed by atoms with van der Waals surface area (Å²) in [4.78, 5) is 37.3. The van der Waals surface area contributed by atoms with Gasteiger partial charge < -0.3 is 15.0 Å². The Morgan fingerprint density at radius 3 is 2.50 bits per heavy atom. The number of rotatable bonds is 5. The van der Waals surface area contributed by atoms with Crippen molar-refractivity contribution in [1.82, 2.24) is 4.90 Å². The molecule has 0 unspecified atom stereocenters. The number of hydrogen-bond acceptors (Lipinski definition) is 5. The number of nitro groups is 1. The van der Waals surface area contributed by atoms with Gasteiger partial charge in [0.1, 0.15) is 0 Å². The van der Waals surface area contributed by atoms with Gasteiger partial charge in [-0.2, -0.15) is 0 Å². The third-order valence-electron chi connectivity index (χ3n) is 4.26. The summed E-state index contributed by atoms with van der Waals surface area (Å²) < 4.78 is 5.26. The van der Waals surface area contributed by atoms with Crippen LogP contribution in [0.1, 0.15) is 15.9 Å². The average molecular weight is 381 g/mol. The van der Waals surface area contributed by atoms with Crippen molar-refractivity contribution in [3.05, 3.63) is 75.8 Å². The minimum atomic E-state index is -0.506. The minimum absolute atomic E-state index is 0.0885. The highest BCUT2D eigenvalue weighted by atomic mass is 16.6. The van der Waals surface area contributed by atoms with Crippen LogP contribution in [0.3, 0.4) is 0 Å². The van der Waals surface area contributed by atoms with Crippen molar-refractivity contribution in [2.24, 2.45) is 0 Å². The molecule has 0 spiro atoms. The van der Waals surface area contributed by atoms with Crippen LogP contribution in [0.4, 0.5) is 11.4 Å². The molecule has 1 aliphatic heterocycles. The van der Waals surface area contributed by atoms with Crippen molar-refractivity contribution in [2.45, 2.75) is 0 Å². The van der Waals surface area contributed by atoms with Gasteiger partial charge in [0.2, 0.25) is 5.91 Å². The van der Waals surface area contributed by atoms with Crippen molar-refractivity contribution in [1.29, 1.82) is 0 Å². The lowest BCUT2D eigenvalue weighted by atomic mass is 10.1. The first-order chi connectivity index (χ1) is 13.6. The zero-order valence-electron chi connectivity index (χ0n) is 15.0. The molecule has 1 saturated heterocycles. The standard InChI is InChI=1S/C20H19N3O5/c24-19(10-9-15-5-1-4-8-18(15)23(26)27)21-17-7-3-2-6-16(17)20(25)22-11-13-28-14-12-22/h1-10H,11-14H2,(H,21,24)/b10-9+. The molecule has 2 aromatic carbocycles. The van der Waals surface area contributed by atoms with Gasteiger partial charge in [0, 0.05) is 25.2 Å². The molecule has 0 bridgehead atoms. The summed E-state index contributed by atoms with van der Waals surface area (Å²) in [6.07, 6.45) is 2.58. The summed E-state index contributed by atoms with van der Waals surface area (Å²) in [6.45, 7) is 1.97. The van der Waals surface area contributed by atoms with E-state index in [9.17, 15) is 19.7 Å². The van der Waals surface area contributed by atoms with Crippen molar-refractivity contribution in [2.75, 3.05) is 31.6 Å². The molecule has 144 valence electrons. The fourth-order valence-corrected chi connectivity index (χ4v) is 2.85. The van der Waals surface area contributed by atoms with E-state index in [4.69, 9.17) is 4.74 Å². The second-order valence-corrected chi connectivity index (χ2v) is 6.09. The van der Waals surface area contributed by atoms with Gasteiger partial charge in [-0.25, -0.2) is 0 Å². The largest absolute Gasteiger partial charge is 0.378 e. The molecule has 3 rings (SSSR count). The van der Waals surface area contributed by atoms with Gasteiger partial charge in [0.05, 0.1) is 35.0 Å². The number of carbonyl (C=O) groups is 2. The number of anilines is 1. The van der Waals surface area contributed by atoms with Gasteiger partial charge in [0.15, 0.2) is 0 Å². The molecule has 28 heavy (non-hydrogen) atoms. The van der Waals surface area contributed by atoms with Crippen LogP contribution in [0.15, 0.2) is 54.6 Å². The molecule has 0 atom stereocenters. The van der Waals surface area contributed by atoms with Crippen LogP contribution in [0.5, 0.6) is 0 Å². The van der Waals surface area contributed by atoms with Crippen LogP contribution in [0.2, 0.25) is 0 Å². The first-order valence-electron chi connectivity index (χ1n) is 8.75. The van der Waals surface area contributed by atoms with Crippen LogP contribution in [0, 0.1) is 10.1 Å². The van der Waals surface area contributed by atoms with E-state index in [1.165, 1.54) is 18.2 Å². The van der Waals surface area contributed by atoms with E-state index < -0.39 is 10.8 Å². The molecule has 0 radical (unpaired) electrons. The van der Waals surface area contributed by atoms with Crippen molar-refractivity contribution >= 4 is 29.3 Å². The number of hydrogen-bond donors (Lipinski definition) is 1. The maximum atomic E-state index is 12.7. The number of nitrogens with zero attached hydrogens (tertiary/aromatic N) is 2. The molecular weight excluding hydrogens is 362 g/mol. The highest BCUT2D eigenvalue weighted by molar-refractivity contribution is 6.07. The highest BCUT2D eigenvalue weighted by Gasteiger charge is 2.21. The maximum Gasteiger partial charge on any atom is 0.276 e. The number of ether oxygens (including phenoxy) is 1. The lowest BCUT2D eigenvalue weighted by molar-refractivity contribution is -0.385. The number of nitrogens with one attached hydrogen (secondary N) is 1. The molecule has 8 nitrogen and oxygen atoms in total. The van der Waals surface area contributed by atoms with Crippen LogP contribution in [-0.2, 0) is 9.53 Å². The van der Waals surface area contributed by atoms with Crippen LogP contribution in [-0.4, -0.2) is 47.9 Å². The molecule has 8 heteroatoms. The van der Waals surface area contributed by atoms with Gasteiger partial charge in [0.25, 0.3) is 11.6 Å². The predicted molar refractivity (Wildman–Crippen MR) is 104 cm³/mol. The number of carbonyl (C=O) groups excluding carboxylic acids is 2. The number of amides is 2. The molecular formula is C20H19N3O5. The van der Waals surface area contributed by atoms with Gasteiger partial charge in [-0.1, -0.05) is 24.3 Å². The summed E-state index contributed by atoms with van der Waals surface area (Å²) in [5, 5.41) is 13.7. The second kappa shape index (κ2) is 8.92. The monoisotopic (exact) mass is 381 g/mol. The predicted octanol–water partition coefficient (Wildman–Crippen LogP) is 2.72. The number of morpholine rings is 1. The summed E-state index contributed by atoms with van der Waals surface area (Å²) in [5.74, 6) is -0.665. The Morgan fingerprint density at radius 2 is 1.75 bits per heavy atom. The van der Waals surface area contributed by atoms with E-state index in [0.29, 0.717) is 43.1 Å². The van der Waals surface area contributed by atoms with E-state index in [0.717, 1.165) is 0 Å². The molecule has 1 N–H and O–H groups in total. The van der Waals surface area contributed by atoms with Crippen LogP contribution in [0.25, 0.3) is 6.08 Å². The Bertz CT molecular complexity index is 920. The number of benzene rings is 2. The van der Waals surface area contributed by atoms with E-state index >= 15 is 0 Å². The molecule has 2 aromatic rings. The third kappa shape index (κ3) is 4.60. The Hall–Kier alpha value is -3.52. The third-order valence-corrected chi connectivity index (χ3v) is 4.26. The van der Waals surface area contributed by atoms with Crippen LogP contribution < -0.4 is 5.32 Å². The molecule has 1 heterocycles. The Kier molecular flexibility index (Phi) is 6.13. The quantitative estimate of drug-likeness (QED) is 0.487. The molecule has 0 aliphatic carbocycles. The molecule has 1 aliphatic rings. The van der Waals surface area contributed by atoms with Gasteiger partial charge in [-0.05, 0) is 24.3 Å². The maximum absolute atomic E-state index is 12.7. The topological polar surface area (TPSA) is 102 Å². The van der Waals surface area contributed by atoms with Crippen molar-refractivity contribution in [3.8, 4) is 0 Å². The van der Waals surface area contributed by atoms with E-state index in [1.54, 1.807) is 47.4 Å². The van der Waals surface area contributed by atoms with Gasteiger partial charge >= 0.3 is 0 Å². The summed E-state index contributed by atoms with van der Waals surface area (Å²) in [5.41, 5.74) is 1.00. The highest BCUT2D eigenvalue weighted by Crippen LogP contribution is 2.20. The molecule has 2 amide bonds. The van der Waals surface area contributed by atoms with Gasteiger partial charge in [-0.3, -0.25) is 19.7 Å². The SMILES string of the molecule is O=C(/C=C/c1ccccc1[N+](=O)[O-])Nc1ccccc1C(=O)N1CCOCC1. The minimum Gasteiger partial charge on any atom is -0.378 e. The van der Waals surface area contributed by atoms with Crippen molar-refractivity contribution < 1.29 is 19.2 Å². The normalized spacial score (nSPS) is 14.1. The van der Waals surface area contributed by atoms with Crippen LogP contribution >= 0.6 is 0 Å². The average Bonchev–Trinajstić information content (AvgIpc) is 2.73. The lowest BCUT2D eigenvalue weighted by Gasteiger charge is -2.27. The zero-order chi connectivity index (χ0) is 19.9. The Balaban J connectivity index is 1.74. The number of para-hydroxylation sites is 2. The second-order valence-electron chi connectivity index (χ2n) is 6.09. The molecule has 1 fully saturated rings. The van der Waals surface area contributed by atoms with Crippen molar-refractivity contribution in [3.63, 3.8) is 0 Å². The zero-order valence-corrected chi connectivity index (χ0v) is 15.0. The number of nitro benzene ring substituents is 1. The van der Waals surface area contributed by atoms with E-state index in [2.05, 4.69) is 5.32 Å². The smallest absolute Gasteiger partial charge is 0.276 e. The van der Waals surface area contributed by atoms with E-state index in [-0.39, 0.29) is 11.6 Å². The summed E-state index contributed by atoms with van der Waals surface area (Å²) in [7, 11) is 0. The molecule has 0 saturated carbocycles. The first-order valence-corrected chi connectivity index (χ1v) is 8.75. The fourth-order valence-electron chi connectivity index (χ4n) is 2.85. The Morgan fingerprint density at radius 1 is 1.07 bits per heavy atom. The Labute approximate surface area is 161 Å². The first kappa shape index (κ1) is 19.2. The summed E-state index contributed by atoms with van der Waals surface area (Å²) in [6, 6.07) is 12.9. The van der Waals surface area contributed by atoms with Gasteiger partial charge in [-0.15, -0.1) is 0 Å². The molecule has 0 aromatic heterocycles. The fraction of sp³-hybridized carbons (Fsp3) is 0.200. The lowest BCUT2D eigenvalue weighted by Crippen LogP contribution is -2.41.